The van der Waals surface area contributed by atoms with Crippen molar-refractivity contribution in [1.82, 2.24) is 25.8 Å². The van der Waals surface area contributed by atoms with Crippen molar-refractivity contribution < 1.29 is 13.9 Å². The Labute approximate surface area is 82.6 Å². The van der Waals surface area contributed by atoms with Crippen molar-refractivity contribution in [2.75, 3.05) is 12.8 Å². The van der Waals surface area contributed by atoms with Gasteiger partial charge in [-0.2, -0.15) is 4.98 Å². The molecule has 1 amide bonds. The second-order valence-electron chi connectivity index (χ2n) is 2.50. The number of aromatic nitrogens is 4. The maximum Gasteiger partial charge on any atom is 0.292 e. The molecule has 0 aliphatic heterocycles. The van der Waals surface area contributed by atoms with Gasteiger partial charge in [0.1, 0.15) is 0 Å². The average molecular weight is 210 g/mol. The molecule has 2 heterocycles. The highest BCUT2D eigenvalue weighted by molar-refractivity contribution is 5.90. The summed E-state index contributed by atoms with van der Waals surface area (Å²) in [7, 11) is 1.45. The largest absolute Gasteiger partial charge is 0.379 e. The van der Waals surface area contributed by atoms with Crippen molar-refractivity contribution >= 4 is 11.7 Å². The smallest absolute Gasteiger partial charge is 0.292 e. The SMILES string of the molecule is CNC(=O)c1noc(-c2nonc2N)n1. The van der Waals surface area contributed by atoms with Gasteiger partial charge in [-0.3, -0.25) is 4.79 Å². The van der Waals surface area contributed by atoms with Crippen LogP contribution in [0.2, 0.25) is 0 Å². The monoisotopic (exact) mass is 210 g/mol. The van der Waals surface area contributed by atoms with Crippen LogP contribution >= 0.6 is 0 Å². The topological polar surface area (TPSA) is 133 Å². The predicted molar refractivity (Wildman–Crippen MR) is 45.4 cm³/mol. The van der Waals surface area contributed by atoms with Gasteiger partial charge in [0, 0.05) is 7.05 Å². The van der Waals surface area contributed by atoms with Crippen LogP contribution in [0.4, 0.5) is 5.82 Å². The van der Waals surface area contributed by atoms with Gasteiger partial charge in [-0.25, -0.2) is 4.63 Å². The second kappa shape index (κ2) is 3.36. The number of carbonyl (C=O) groups is 1. The average Bonchev–Trinajstić information content (AvgIpc) is 2.84. The number of nitrogen functional groups attached to an aromatic ring is 1. The van der Waals surface area contributed by atoms with Crippen molar-refractivity contribution in [2.45, 2.75) is 0 Å². The Kier molecular flexibility index (Phi) is 2.04. The molecule has 0 saturated carbocycles. The maximum absolute atomic E-state index is 11.1. The second-order valence-corrected chi connectivity index (χ2v) is 2.50. The Morgan fingerprint density at radius 3 is 2.80 bits per heavy atom. The van der Waals surface area contributed by atoms with Gasteiger partial charge in [0.15, 0.2) is 0 Å². The summed E-state index contributed by atoms with van der Waals surface area (Å²) >= 11 is 0. The molecule has 9 nitrogen and oxygen atoms in total. The fourth-order valence-corrected chi connectivity index (χ4v) is 0.868. The Morgan fingerprint density at radius 1 is 1.40 bits per heavy atom. The number of rotatable bonds is 2. The van der Waals surface area contributed by atoms with Gasteiger partial charge < -0.3 is 15.6 Å². The van der Waals surface area contributed by atoms with Gasteiger partial charge in [-0.1, -0.05) is 5.16 Å². The number of amides is 1. The first-order valence-corrected chi connectivity index (χ1v) is 3.86. The summed E-state index contributed by atoms with van der Waals surface area (Å²) in [5.41, 5.74) is 5.50. The van der Waals surface area contributed by atoms with Crippen molar-refractivity contribution in [3.05, 3.63) is 5.82 Å². The van der Waals surface area contributed by atoms with Gasteiger partial charge in [-0.15, -0.1) is 0 Å². The van der Waals surface area contributed by atoms with E-state index in [4.69, 9.17) is 10.3 Å². The Balaban J connectivity index is 2.36. The first kappa shape index (κ1) is 9.12. The number of anilines is 1. The van der Waals surface area contributed by atoms with Crippen LogP contribution < -0.4 is 11.1 Å². The highest BCUT2D eigenvalue weighted by atomic mass is 16.6. The molecule has 0 radical (unpaired) electrons. The van der Waals surface area contributed by atoms with Crippen molar-refractivity contribution in [2.24, 2.45) is 0 Å². The number of nitrogens with zero attached hydrogens (tertiary/aromatic N) is 4. The lowest BCUT2D eigenvalue weighted by atomic mass is 10.4. The Bertz CT molecular complexity index is 489. The number of hydrogen-bond acceptors (Lipinski definition) is 8. The molecule has 0 saturated heterocycles. The molecule has 0 aromatic carbocycles. The lowest BCUT2D eigenvalue weighted by Crippen LogP contribution is -2.19. The van der Waals surface area contributed by atoms with Crippen LogP contribution in [0, 0.1) is 0 Å². The summed E-state index contributed by atoms with van der Waals surface area (Å²) in [5.74, 6) is -0.593. The molecule has 0 unspecified atom stereocenters. The van der Waals surface area contributed by atoms with Gasteiger partial charge in [0.2, 0.25) is 11.5 Å². The van der Waals surface area contributed by atoms with Gasteiger partial charge in [-0.05, 0) is 10.3 Å². The summed E-state index contributed by atoms with van der Waals surface area (Å²) < 4.78 is 9.09. The number of nitrogens with one attached hydrogen (secondary N) is 1. The lowest BCUT2D eigenvalue weighted by Gasteiger charge is -1.87. The third-order valence-electron chi connectivity index (χ3n) is 1.57. The van der Waals surface area contributed by atoms with Crippen LogP contribution in [0.5, 0.6) is 0 Å². The molecule has 0 spiro atoms. The highest BCUT2D eigenvalue weighted by Gasteiger charge is 2.19. The molecular weight excluding hydrogens is 204 g/mol. The van der Waals surface area contributed by atoms with E-state index in [1.54, 1.807) is 0 Å². The van der Waals surface area contributed by atoms with Crippen molar-refractivity contribution in [3.8, 4) is 11.6 Å². The summed E-state index contributed by atoms with van der Waals surface area (Å²) in [6, 6.07) is 0. The van der Waals surface area contributed by atoms with Crippen LogP contribution in [-0.2, 0) is 0 Å². The van der Waals surface area contributed by atoms with Crippen LogP contribution in [-0.4, -0.2) is 33.4 Å². The molecule has 2 aromatic rings. The summed E-state index contributed by atoms with van der Waals surface area (Å²) in [4.78, 5) is 14.8. The highest BCUT2D eigenvalue weighted by Crippen LogP contribution is 2.19. The van der Waals surface area contributed by atoms with Gasteiger partial charge in [0.25, 0.3) is 17.6 Å². The van der Waals surface area contributed by atoms with E-state index in [2.05, 4.69) is 30.4 Å². The van der Waals surface area contributed by atoms with E-state index in [-0.39, 0.29) is 23.2 Å². The standard InChI is InChI=1S/C6H6N6O3/c1-8-5(13)4-9-6(14-12-4)2-3(7)11-15-10-2/h1H3,(H2,7,11)(H,8,13). The lowest BCUT2D eigenvalue weighted by molar-refractivity contribution is 0.0950. The Hall–Kier alpha value is -2.45. The quantitative estimate of drug-likeness (QED) is 0.648. The van der Waals surface area contributed by atoms with E-state index >= 15 is 0 Å². The van der Waals surface area contributed by atoms with Crippen LogP contribution in [0.25, 0.3) is 11.6 Å². The third-order valence-corrected chi connectivity index (χ3v) is 1.57. The molecule has 0 fully saturated rings. The molecule has 0 aliphatic rings. The Morgan fingerprint density at radius 2 is 2.20 bits per heavy atom. The van der Waals surface area contributed by atoms with E-state index in [1.807, 2.05) is 0 Å². The fourth-order valence-electron chi connectivity index (χ4n) is 0.868. The summed E-state index contributed by atoms with van der Waals surface area (Å²) in [6.45, 7) is 0. The molecule has 0 atom stereocenters. The first-order chi connectivity index (χ1) is 7.22. The van der Waals surface area contributed by atoms with Gasteiger partial charge in [0.05, 0.1) is 0 Å². The molecule has 0 bridgehead atoms. The zero-order valence-electron chi connectivity index (χ0n) is 7.59. The number of nitrogens with two attached hydrogens (primary N) is 1. The molecule has 78 valence electrons. The minimum atomic E-state index is -0.472. The van der Waals surface area contributed by atoms with E-state index < -0.39 is 5.91 Å². The van der Waals surface area contributed by atoms with Crippen molar-refractivity contribution in [1.29, 1.82) is 0 Å². The first-order valence-electron chi connectivity index (χ1n) is 3.86. The molecular formula is C6H6N6O3. The van der Waals surface area contributed by atoms with E-state index in [9.17, 15) is 4.79 Å². The van der Waals surface area contributed by atoms with Crippen LogP contribution in [0.1, 0.15) is 10.6 Å². The van der Waals surface area contributed by atoms with E-state index in [0.29, 0.717) is 0 Å². The van der Waals surface area contributed by atoms with E-state index in [1.165, 1.54) is 7.05 Å². The molecule has 2 aromatic heterocycles. The van der Waals surface area contributed by atoms with E-state index in [0.717, 1.165) is 0 Å². The number of carbonyl (C=O) groups excluding carboxylic acids is 1. The zero-order chi connectivity index (χ0) is 10.8. The van der Waals surface area contributed by atoms with Crippen molar-refractivity contribution in [3.63, 3.8) is 0 Å². The molecule has 0 aliphatic carbocycles. The maximum atomic E-state index is 11.1. The molecule has 3 N–H and O–H groups in total. The van der Waals surface area contributed by atoms with Crippen LogP contribution in [0.3, 0.4) is 0 Å². The number of hydrogen-bond donors (Lipinski definition) is 2. The zero-order valence-corrected chi connectivity index (χ0v) is 7.59. The normalized spacial score (nSPS) is 10.2. The minimum Gasteiger partial charge on any atom is -0.379 e. The fraction of sp³-hybridized carbons (Fsp3) is 0.167. The minimum absolute atomic E-state index is 0.0158. The predicted octanol–water partition coefficient (Wildman–Crippen LogP) is -0.939. The third kappa shape index (κ3) is 1.49. The molecule has 2 rings (SSSR count). The summed E-state index contributed by atoms with van der Waals surface area (Å²) in [6.07, 6.45) is 0. The van der Waals surface area contributed by atoms with Crippen LogP contribution in [0.15, 0.2) is 9.15 Å². The molecule has 9 heteroatoms. The van der Waals surface area contributed by atoms with Gasteiger partial charge >= 0.3 is 0 Å². The summed E-state index contributed by atoms with van der Waals surface area (Å²) in [5, 5.41) is 12.5. The molecule has 15 heavy (non-hydrogen) atoms.